The number of benzene rings is 1. The monoisotopic (exact) mass is 364 g/mol. The van der Waals surface area contributed by atoms with Crippen molar-refractivity contribution in [2.75, 3.05) is 13.6 Å². The molecule has 0 saturated carbocycles. The molecule has 0 fully saturated rings. The van der Waals surface area contributed by atoms with Crippen LogP contribution < -0.4 is 5.32 Å². The van der Waals surface area contributed by atoms with Crippen molar-refractivity contribution in [3.05, 3.63) is 71.8 Å². The molecular weight excluding hydrogens is 340 g/mol. The molecule has 0 bridgehead atoms. The van der Waals surface area contributed by atoms with Crippen LogP contribution in [-0.4, -0.2) is 44.0 Å². The normalized spacial score (nSPS) is 15.7. The predicted octanol–water partition coefficient (Wildman–Crippen LogP) is 2.09. The number of nitrogens with zero attached hydrogens (tertiary/aromatic N) is 5. The third-order valence-electron chi connectivity index (χ3n) is 4.87. The Morgan fingerprint density at radius 2 is 2.07 bits per heavy atom. The number of hydrogen-bond acceptors (Lipinski definition) is 4. The highest BCUT2D eigenvalue weighted by Crippen LogP contribution is 2.17. The van der Waals surface area contributed by atoms with Gasteiger partial charge in [0.15, 0.2) is 5.69 Å². The molecule has 1 aliphatic rings. The fourth-order valence-electron chi connectivity index (χ4n) is 3.48. The van der Waals surface area contributed by atoms with Crippen LogP contribution in [0.25, 0.3) is 0 Å². The molecule has 140 valence electrons. The van der Waals surface area contributed by atoms with E-state index in [0.717, 1.165) is 37.3 Å². The average Bonchev–Trinajstić information content (AvgIpc) is 3.29. The minimum atomic E-state index is -0.178. The number of aryl methyl sites for hydroxylation is 1. The average molecular weight is 364 g/mol. The zero-order valence-electron chi connectivity index (χ0n) is 15.5. The number of carbonyl (C=O) groups excluding carboxylic acids is 1. The third kappa shape index (κ3) is 4.09. The number of rotatable bonds is 5. The van der Waals surface area contributed by atoms with Crippen LogP contribution in [0.1, 0.15) is 34.2 Å². The van der Waals surface area contributed by atoms with Crippen LogP contribution in [0.4, 0.5) is 0 Å². The van der Waals surface area contributed by atoms with Crippen LogP contribution in [0, 0.1) is 0 Å². The van der Waals surface area contributed by atoms with Crippen LogP contribution in [0.5, 0.6) is 0 Å². The van der Waals surface area contributed by atoms with E-state index < -0.39 is 0 Å². The molecule has 1 atom stereocenters. The predicted molar refractivity (Wildman–Crippen MR) is 102 cm³/mol. The first-order valence-electron chi connectivity index (χ1n) is 9.27. The van der Waals surface area contributed by atoms with Gasteiger partial charge < -0.3 is 10.2 Å². The zero-order chi connectivity index (χ0) is 18.6. The second-order valence-corrected chi connectivity index (χ2v) is 7.00. The van der Waals surface area contributed by atoms with Gasteiger partial charge in [0.2, 0.25) is 0 Å². The van der Waals surface area contributed by atoms with Gasteiger partial charge in [-0.2, -0.15) is 10.2 Å². The molecule has 7 heteroatoms. The molecule has 0 aliphatic carbocycles. The Balaban J connectivity index is 1.54. The van der Waals surface area contributed by atoms with E-state index in [1.54, 1.807) is 6.20 Å². The smallest absolute Gasteiger partial charge is 0.272 e. The summed E-state index contributed by atoms with van der Waals surface area (Å²) >= 11 is 0. The molecule has 27 heavy (non-hydrogen) atoms. The zero-order valence-corrected chi connectivity index (χ0v) is 15.5. The van der Waals surface area contributed by atoms with Crippen molar-refractivity contribution in [2.45, 2.75) is 32.1 Å². The van der Waals surface area contributed by atoms with E-state index in [1.165, 1.54) is 0 Å². The van der Waals surface area contributed by atoms with Gasteiger partial charge in [0.1, 0.15) is 0 Å². The first kappa shape index (κ1) is 17.5. The molecule has 0 unspecified atom stereocenters. The fourth-order valence-corrected chi connectivity index (χ4v) is 3.48. The maximum absolute atomic E-state index is 12.9. The summed E-state index contributed by atoms with van der Waals surface area (Å²) in [5, 5.41) is 12.0. The van der Waals surface area contributed by atoms with Gasteiger partial charge in [0.25, 0.3) is 5.91 Å². The number of hydrogen-bond donors (Lipinski definition) is 1. The van der Waals surface area contributed by atoms with E-state index >= 15 is 0 Å². The maximum Gasteiger partial charge on any atom is 0.272 e. The summed E-state index contributed by atoms with van der Waals surface area (Å²) < 4.78 is 3.79. The molecule has 7 nitrogen and oxygen atoms in total. The van der Waals surface area contributed by atoms with Gasteiger partial charge in [-0.25, -0.2) is 0 Å². The van der Waals surface area contributed by atoms with Gasteiger partial charge in [0, 0.05) is 32.0 Å². The number of nitrogens with one attached hydrogen (secondary N) is 1. The highest BCUT2D eigenvalue weighted by Gasteiger charge is 2.21. The number of amides is 1. The summed E-state index contributed by atoms with van der Waals surface area (Å²) in [6.07, 6.45) is 4.68. The van der Waals surface area contributed by atoms with Crippen molar-refractivity contribution >= 4 is 5.91 Å². The highest BCUT2D eigenvalue weighted by atomic mass is 16.2. The highest BCUT2D eigenvalue weighted by molar-refractivity contribution is 5.92. The minimum absolute atomic E-state index is 0.153. The Hall–Kier alpha value is -2.93. The molecule has 1 N–H and O–H groups in total. The maximum atomic E-state index is 12.9. The van der Waals surface area contributed by atoms with E-state index in [-0.39, 0.29) is 11.9 Å². The summed E-state index contributed by atoms with van der Waals surface area (Å²) in [5.41, 5.74) is 2.60. The van der Waals surface area contributed by atoms with E-state index in [9.17, 15) is 4.79 Å². The summed E-state index contributed by atoms with van der Waals surface area (Å²) in [4.78, 5) is 15.2. The van der Waals surface area contributed by atoms with E-state index in [2.05, 4.69) is 27.5 Å². The molecule has 0 saturated heterocycles. The first-order valence-corrected chi connectivity index (χ1v) is 9.27. The molecule has 0 radical (unpaired) electrons. The van der Waals surface area contributed by atoms with Crippen LogP contribution in [0.3, 0.4) is 0 Å². The van der Waals surface area contributed by atoms with Crippen molar-refractivity contribution in [3.63, 3.8) is 0 Å². The van der Waals surface area contributed by atoms with Gasteiger partial charge in [-0.3, -0.25) is 14.2 Å². The van der Waals surface area contributed by atoms with Gasteiger partial charge in [-0.15, -0.1) is 0 Å². The number of carbonyl (C=O) groups is 1. The van der Waals surface area contributed by atoms with Crippen molar-refractivity contribution in [3.8, 4) is 0 Å². The Kier molecular flexibility index (Phi) is 5.02. The molecule has 3 aromatic rings. The van der Waals surface area contributed by atoms with E-state index in [1.807, 2.05) is 58.0 Å². The summed E-state index contributed by atoms with van der Waals surface area (Å²) in [5.74, 6) is -0.153. The second-order valence-electron chi connectivity index (χ2n) is 7.00. The molecule has 1 aliphatic heterocycles. The van der Waals surface area contributed by atoms with Crippen molar-refractivity contribution in [2.24, 2.45) is 0 Å². The molecular formula is C20H24N6O. The SMILES string of the molecule is CN1CCCn2nc(C(=O)N[C@@H](Cn3cccn3)c3ccccc3)cc2C1. The molecule has 4 rings (SSSR count). The summed E-state index contributed by atoms with van der Waals surface area (Å²) in [7, 11) is 2.10. The van der Waals surface area contributed by atoms with Crippen molar-refractivity contribution in [1.82, 2.24) is 29.8 Å². The standard InChI is InChI=1S/C20H24N6O/c1-24-10-6-12-26-17(14-24)13-18(23-26)20(27)22-19(15-25-11-5-9-21-25)16-7-3-2-4-8-16/h2-5,7-9,11,13,19H,6,10,12,14-15H2,1H3,(H,22,27)/t19-/m0/s1. The van der Waals surface area contributed by atoms with Crippen LogP contribution in [0.15, 0.2) is 54.9 Å². The Labute approximate surface area is 158 Å². The lowest BCUT2D eigenvalue weighted by Crippen LogP contribution is -2.32. The molecule has 2 aromatic heterocycles. The molecule has 0 spiro atoms. The number of fused-ring (bicyclic) bond motifs is 1. The van der Waals surface area contributed by atoms with Gasteiger partial charge in [0.05, 0.1) is 18.3 Å². The summed E-state index contributed by atoms with van der Waals surface area (Å²) in [6, 6.07) is 13.6. The molecule has 3 heterocycles. The fraction of sp³-hybridized carbons (Fsp3) is 0.350. The first-order chi connectivity index (χ1) is 13.2. The Morgan fingerprint density at radius 1 is 1.22 bits per heavy atom. The van der Waals surface area contributed by atoms with Crippen LogP contribution >= 0.6 is 0 Å². The molecule has 1 amide bonds. The van der Waals surface area contributed by atoms with Gasteiger partial charge in [-0.05, 0) is 31.2 Å². The van der Waals surface area contributed by atoms with E-state index in [0.29, 0.717) is 12.2 Å². The second kappa shape index (κ2) is 7.75. The lowest BCUT2D eigenvalue weighted by atomic mass is 10.1. The number of aromatic nitrogens is 4. The lowest BCUT2D eigenvalue weighted by Gasteiger charge is -2.19. The topological polar surface area (TPSA) is 68.0 Å². The largest absolute Gasteiger partial charge is 0.342 e. The van der Waals surface area contributed by atoms with E-state index in [4.69, 9.17) is 0 Å². The van der Waals surface area contributed by atoms with Gasteiger partial charge >= 0.3 is 0 Å². The molecule has 1 aromatic carbocycles. The summed E-state index contributed by atoms with van der Waals surface area (Å²) in [6.45, 7) is 3.28. The minimum Gasteiger partial charge on any atom is -0.342 e. The lowest BCUT2D eigenvalue weighted by molar-refractivity contribution is 0.0926. The Bertz CT molecular complexity index is 887. The van der Waals surface area contributed by atoms with Crippen LogP contribution in [0.2, 0.25) is 0 Å². The van der Waals surface area contributed by atoms with Crippen molar-refractivity contribution in [1.29, 1.82) is 0 Å². The van der Waals surface area contributed by atoms with Gasteiger partial charge in [-0.1, -0.05) is 30.3 Å². The van der Waals surface area contributed by atoms with Crippen molar-refractivity contribution < 1.29 is 4.79 Å². The Morgan fingerprint density at radius 3 is 2.85 bits per heavy atom. The third-order valence-corrected chi connectivity index (χ3v) is 4.87. The quantitative estimate of drug-likeness (QED) is 0.753. The van der Waals surface area contributed by atoms with Crippen LogP contribution in [-0.2, 0) is 19.6 Å².